The Balaban J connectivity index is 1.73. The van der Waals surface area contributed by atoms with Gasteiger partial charge in [-0.05, 0) is 81.3 Å². The van der Waals surface area contributed by atoms with E-state index in [1.165, 1.54) is 0 Å². The molecule has 3 aromatic rings. The number of hydrogen-bond donors (Lipinski definition) is 1. The number of rotatable bonds is 5. The lowest BCUT2D eigenvalue weighted by atomic mass is 10.1. The minimum absolute atomic E-state index is 0.0928. The molecule has 0 aliphatic carbocycles. The summed E-state index contributed by atoms with van der Waals surface area (Å²) in [4.78, 5) is 39.3. The molecule has 4 rings (SSSR count). The number of carbonyl (C=O) groups is 3. The number of barbiturate groups is 1. The molecule has 1 aliphatic heterocycles. The highest BCUT2D eigenvalue weighted by Gasteiger charge is 2.37. The van der Waals surface area contributed by atoms with E-state index in [2.05, 4.69) is 5.32 Å². The van der Waals surface area contributed by atoms with E-state index in [0.717, 1.165) is 38.9 Å². The van der Waals surface area contributed by atoms with Crippen LogP contribution in [0.4, 0.5) is 10.5 Å². The van der Waals surface area contributed by atoms with Crippen molar-refractivity contribution in [1.29, 1.82) is 0 Å². The molecule has 2 heterocycles. The van der Waals surface area contributed by atoms with Crippen LogP contribution >= 0.6 is 0 Å². The van der Waals surface area contributed by atoms with Crippen molar-refractivity contribution < 1.29 is 19.1 Å². The first-order chi connectivity index (χ1) is 15.8. The molecule has 168 valence electrons. The van der Waals surface area contributed by atoms with Crippen molar-refractivity contribution in [2.75, 3.05) is 11.5 Å². The van der Waals surface area contributed by atoms with Crippen LogP contribution in [0.3, 0.4) is 0 Å². The molecule has 2 aromatic carbocycles. The van der Waals surface area contributed by atoms with Gasteiger partial charge in [0, 0.05) is 17.1 Å². The molecule has 1 fully saturated rings. The summed E-state index contributed by atoms with van der Waals surface area (Å²) in [5.74, 6) is -0.568. The fourth-order valence-corrected chi connectivity index (χ4v) is 4.04. The van der Waals surface area contributed by atoms with Gasteiger partial charge in [0.25, 0.3) is 11.8 Å². The number of amides is 4. The minimum Gasteiger partial charge on any atom is -0.494 e. The third kappa shape index (κ3) is 4.05. The summed E-state index contributed by atoms with van der Waals surface area (Å²) in [6, 6.07) is 15.9. The van der Waals surface area contributed by atoms with Crippen LogP contribution in [-0.2, 0) is 9.59 Å². The van der Waals surface area contributed by atoms with Crippen molar-refractivity contribution in [1.82, 2.24) is 9.88 Å². The molecule has 1 aliphatic rings. The zero-order valence-electron chi connectivity index (χ0n) is 19.0. The van der Waals surface area contributed by atoms with Gasteiger partial charge in [-0.2, -0.15) is 0 Å². The predicted molar refractivity (Wildman–Crippen MR) is 127 cm³/mol. The van der Waals surface area contributed by atoms with Crippen LogP contribution in [0, 0.1) is 20.8 Å². The Morgan fingerprint density at radius 3 is 2.33 bits per heavy atom. The topological polar surface area (TPSA) is 80.6 Å². The van der Waals surface area contributed by atoms with Gasteiger partial charge in [0.15, 0.2) is 0 Å². The van der Waals surface area contributed by atoms with Gasteiger partial charge in [-0.3, -0.25) is 14.9 Å². The fourth-order valence-electron chi connectivity index (χ4n) is 4.04. The molecular weight excluding hydrogens is 418 g/mol. The maximum absolute atomic E-state index is 13.2. The highest BCUT2D eigenvalue weighted by molar-refractivity contribution is 6.39. The highest BCUT2D eigenvalue weighted by Crippen LogP contribution is 2.28. The maximum atomic E-state index is 13.2. The van der Waals surface area contributed by atoms with Gasteiger partial charge in [0.1, 0.15) is 11.3 Å². The van der Waals surface area contributed by atoms with Gasteiger partial charge in [0.05, 0.1) is 12.3 Å². The number of imide groups is 2. The first-order valence-electron chi connectivity index (χ1n) is 10.7. The SMILES string of the molecule is CCOc1ccc(-n2c(C)cc(/C=C3\C(=O)NC(=O)N(c4ccccc4C)C3=O)c2C)cc1. The first kappa shape index (κ1) is 22.1. The van der Waals surface area contributed by atoms with Crippen LogP contribution in [0.5, 0.6) is 5.75 Å². The van der Waals surface area contributed by atoms with Crippen LogP contribution in [-0.4, -0.2) is 29.0 Å². The molecule has 7 nitrogen and oxygen atoms in total. The maximum Gasteiger partial charge on any atom is 0.335 e. The molecule has 0 radical (unpaired) electrons. The van der Waals surface area contributed by atoms with Gasteiger partial charge < -0.3 is 9.30 Å². The van der Waals surface area contributed by atoms with Crippen molar-refractivity contribution in [3.8, 4) is 11.4 Å². The average molecular weight is 444 g/mol. The second-order valence-electron chi connectivity index (χ2n) is 7.83. The molecule has 4 amide bonds. The van der Waals surface area contributed by atoms with Crippen molar-refractivity contribution in [2.24, 2.45) is 0 Å². The fraction of sp³-hybridized carbons (Fsp3) is 0.192. The second kappa shape index (κ2) is 8.78. The molecule has 0 atom stereocenters. The van der Waals surface area contributed by atoms with E-state index in [4.69, 9.17) is 4.74 Å². The number of aromatic nitrogens is 1. The van der Waals surface area contributed by atoms with Gasteiger partial charge in [-0.1, -0.05) is 18.2 Å². The smallest absolute Gasteiger partial charge is 0.335 e. The number of nitrogens with zero attached hydrogens (tertiary/aromatic N) is 2. The number of benzene rings is 2. The van der Waals surface area contributed by atoms with Gasteiger partial charge in [-0.15, -0.1) is 0 Å². The Labute approximate surface area is 192 Å². The number of hydrogen-bond acceptors (Lipinski definition) is 4. The van der Waals surface area contributed by atoms with E-state index >= 15 is 0 Å². The average Bonchev–Trinajstić information content (AvgIpc) is 3.06. The summed E-state index contributed by atoms with van der Waals surface area (Å²) >= 11 is 0. The number of carbonyl (C=O) groups excluding carboxylic acids is 3. The Bertz CT molecular complexity index is 1290. The minimum atomic E-state index is -0.753. The van der Waals surface area contributed by atoms with Crippen molar-refractivity contribution in [3.63, 3.8) is 0 Å². The van der Waals surface area contributed by atoms with E-state index < -0.39 is 17.8 Å². The molecule has 1 saturated heterocycles. The van der Waals surface area contributed by atoms with Crippen LogP contribution < -0.4 is 15.0 Å². The van der Waals surface area contributed by atoms with E-state index in [1.54, 1.807) is 31.2 Å². The largest absolute Gasteiger partial charge is 0.494 e. The number of aryl methyl sites for hydroxylation is 2. The monoisotopic (exact) mass is 443 g/mol. The summed E-state index contributed by atoms with van der Waals surface area (Å²) in [5, 5.41) is 2.28. The van der Waals surface area contributed by atoms with Gasteiger partial charge >= 0.3 is 6.03 Å². The molecular formula is C26H25N3O4. The van der Waals surface area contributed by atoms with E-state index in [1.807, 2.05) is 61.7 Å². The Kier molecular flexibility index (Phi) is 5.87. The normalized spacial score (nSPS) is 15.2. The zero-order chi connectivity index (χ0) is 23.7. The molecule has 1 aromatic heterocycles. The van der Waals surface area contributed by atoms with Crippen LogP contribution in [0.15, 0.2) is 60.2 Å². The molecule has 1 N–H and O–H groups in total. The van der Waals surface area contributed by atoms with E-state index in [9.17, 15) is 14.4 Å². The van der Waals surface area contributed by atoms with Crippen molar-refractivity contribution in [2.45, 2.75) is 27.7 Å². The quantitative estimate of drug-likeness (QED) is 0.466. The number of urea groups is 1. The van der Waals surface area contributed by atoms with E-state index in [0.29, 0.717) is 12.3 Å². The van der Waals surface area contributed by atoms with Crippen LogP contribution in [0.1, 0.15) is 29.4 Å². The molecule has 0 bridgehead atoms. The second-order valence-corrected chi connectivity index (χ2v) is 7.83. The summed E-state index contributed by atoms with van der Waals surface area (Å²) < 4.78 is 7.56. The Morgan fingerprint density at radius 1 is 0.970 bits per heavy atom. The Hall–Kier alpha value is -4.13. The lowest BCUT2D eigenvalue weighted by Gasteiger charge is -2.27. The summed E-state index contributed by atoms with van der Waals surface area (Å²) in [6.45, 7) is 8.21. The van der Waals surface area contributed by atoms with Crippen LogP contribution in [0.25, 0.3) is 11.8 Å². The molecule has 7 heteroatoms. The lowest BCUT2D eigenvalue weighted by Crippen LogP contribution is -2.54. The number of anilines is 1. The van der Waals surface area contributed by atoms with Gasteiger partial charge in [0.2, 0.25) is 0 Å². The first-order valence-corrected chi connectivity index (χ1v) is 10.7. The van der Waals surface area contributed by atoms with Crippen molar-refractivity contribution in [3.05, 3.63) is 82.7 Å². The molecule has 0 unspecified atom stereocenters. The lowest BCUT2D eigenvalue weighted by molar-refractivity contribution is -0.122. The third-order valence-electron chi connectivity index (χ3n) is 5.63. The Morgan fingerprint density at radius 2 is 1.67 bits per heavy atom. The number of ether oxygens (including phenoxy) is 1. The number of para-hydroxylation sites is 1. The summed E-state index contributed by atoms with van der Waals surface area (Å²) in [7, 11) is 0. The predicted octanol–water partition coefficient (Wildman–Crippen LogP) is 4.47. The third-order valence-corrected chi connectivity index (χ3v) is 5.63. The summed E-state index contributed by atoms with van der Waals surface area (Å²) in [5.41, 5.74) is 4.57. The van der Waals surface area contributed by atoms with E-state index in [-0.39, 0.29) is 5.57 Å². The molecule has 0 spiro atoms. The van der Waals surface area contributed by atoms with Gasteiger partial charge in [-0.25, -0.2) is 9.69 Å². The molecule has 33 heavy (non-hydrogen) atoms. The zero-order valence-corrected chi connectivity index (χ0v) is 19.0. The molecule has 0 saturated carbocycles. The number of nitrogens with one attached hydrogen (secondary N) is 1. The highest BCUT2D eigenvalue weighted by atomic mass is 16.5. The standard InChI is InChI=1S/C26H25N3O4/c1-5-33-21-12-10-20(11-13-21)28-17(3)14-19(18(28)4)15-22-24(30)27-26(32)29(25(22)31)23-9-7-6-8-16(23)2/h6-15H,5H2,1-4H3,(H,27,30,32)/b22-15+. The summed E-state index contributed by atoms with van der Waals surface area (Å²) in [6.07, 6.45) is 1.54. The van der Waals surface area contributed by atoms with Crippen LogP contribution in [0.2, 0.25) is 0 Å². The van der Waals surface area contributed by atoms with Crippen molar-refractivity contribution >= 4 is 29.6 Å².